The van der Waals surface area contributed by atoms with Gasteiger partial charge in [0.2, 0.25) is 5.91 Å². The van der Waals surface area contributed by atoms with Crippen molar-refractivity contribution in [2.24, 2.45) is 0 Å². The van der Waals surface area contributed by atoms with E-state index < -0.39 is 0 Å². The van der Waals surface area contributed by atoms with Crippen molar-refractivity contribution in [1.82, 2.24) is 10.2 Å². The quantitative estimate of drug-likeness (QED) is 0.740. The van der Waals surface area contributed by atoms with E-state index in [9.17, 15) is 4.79 Å². The average molecular weight is 198 g/mol. The first-order chi connectivity index (χ1) is 6.70. The Hall–Kier alpha value is -0.570. The zero-order valence-corrected chi connectivity index (χ0v) is 9.55. The molecule has 0 spiro atoms. The van der Waals surface area contributed by atoms with Gasteiger partial charge in [-0.3, -0.25) is 4.79 Å². The number of rotatable bonds is 4. The molecule has 3 heteroatoms. The molecule has 0 aromatic heterocycles. The fraction of sp³-hybridized carbons (Fsp3) is 0.909. The maximum Gasteiger partial charge on any atom is 0.239 e. The minimum Gasteiger partial charge on any atom is -0.341 e. The third-order valence-corrected chi connectivity index (χ3v) is 3.20. The highest BCUT2D eigenvalue weighted by Gasteiger charge is 2.27. The molecule has 14 heavy (non-hydrogen) atoms. The standard InChI is InChI=1S/C11H22N2O/c1-4-9(5-2)13(3)11(14)10-7-6-8-12-10/h9-10,12H,4-8H2,1-3H3. The van der Waals surface area contributed by atoms with Crippen LogP contribution in [0.15, 0.2) is 0 Å². The fourth-order valence-electron chi connectivity index (χ4n) is 2.16. The number of nitrogens with zero attached hydrogens (tertiary/aromatic N) is 1. The summed E-state index contributed by atoms with van der Waals surface area (Å²) in [5, 5.41) is 3.25. The first-order valence-electron chi connectivity index (χ1n) is 5.70. The van der Waals surface area contributed by atoms with Gasteiger partial charge < -0.3 is 10.2 Å². The Balaban J connectivity index is 2.49. The van der Waals surface area contributed by atoms with E-state index in [0.29, 0.717) is 6.04 Å². The van der Waals surface area contributed by atoms with Gasteiger partial charge in [-0.05, 0) is 32.2 Å². The summed E-state index contributed by atoms with van der Waals surface area (Å²) in [5.41, 5.74) is 0. The average Bonchev–Trinajstić information content (AvgIpc) is 2.71. The molecular formula is C11H22N2O. The van der Waals surface area contributed by atoms with Gasteiger partial charge in [0.25, 0.3) is 0 Å². The number of likely N-dealkylation sites (N-methyl/N-ethyl adjacent to an activating group) is 1. The smallest absolute Gasteiger partial charge is 0.239 e. The lowest BCUT2D eigenvalue weighted by Gasteiger charge is -2.28. The Morgan fingerprint density at radius 1 is 1.50 bits per heavy atom. The SMILES string of the molecule is CCC(CC)N(C)C(=O)C1CCCN1. The first kappa shape index (κ1) is 11.5. The molecule has 0 aliphatic carbocycles. The van der Waals surface area contributed by atoms with E-state index in [0.717, 1.165) is 32.2 Å². The Kier molecular flexibility index (Phi) is 4.39. The summed E-state index contributed by atoms with van der Waals surface area (Å²) in [6.45, 7) is 5.27. The molecule has 0 radical (unpaired) electrons. The number of nitrogens with one attached hydrogen (secondary N) is 1. The molecule has 0 bridgehead atoms. The van der Waals surface area contributed by atoms with Crippen LogP contribution in [0.25, 0.3) is 0 Å². The van der Waals surface area contributed by atoms with E-state index in [1.165, 1.54) is 0 Å². The maximum absolute atomic E-state index is 12.0. The van der Waals surface area contributed by atoms with Crippen molar-refractivity contribution >= 4 is 5.91 Å². The number of hydrogen-bond donors (Lipinski definition) is 1. The molecule has 1 heterocycles. The third kappa shape index (κ3) is 2.47. The van der Waals surface area contributed by atoms with Crippen molar-refractivity contribution < 1.29 is 4.79 Å². The van der Waals surface area contributed by atoms with Crippen LogP contribution in [0.4, 0.5) is 0 Å². The molecule has 1 amide bonds. The molecule has 82 valence electrons. The topological polar surface area (TPSA) is 32.3 Å². The third-order valence-electron chi connectivity index (χ3n) is 3.20. The lowest BCUT2D eigenvalue weighted by Crippen LogP contribution is -2.46. The number of amides is 1. The van der Waals surface area contributed by atoms with Gasteiger partial charge in [0.05, 0.1) is 6.04 Å². The monoisotopic (exact) mass is 198 g/mol. The van der Waals surface area contributed by atoms with Gasteiger partial charge in [-0.1, -0.05) is 13.8 Å². The van der Waals surface area contributed by atoms with Gasteiger partial charge in [0.15, 0.2) is 0 Å². The summed E-state index contributed by atoms with van der Waals surface area (Å²) in [4.78, 5) is 13.9. The Labute approximate surface area is 86.9 Å². The Morgan fingerprint density at radius 2 is 2.14 bits per heavy atom. The van der Waals surface area contributed by atoms with Gasteiger partial charge in [0, 0.05) is 13.1 Å². The van der Waals surface area contributed by atoms with Crippen molar-refractivity contribution in [3.05, 3.63) is 0 Å². The second-order valence-corrected chi connectivity index (χ2v) is 4.07. The van der Waals surface area contributed by atoms with Crippen LogP contribution in [-0.2, 0) is 4.79 Å². The number of carbonyl (C=O) groups excluding carboxylic acids is 1. The molecule has 1 saturated heterocycles. The summed E-state index contributed by atoms with van der Waals surface area (Å²) in [6, 6.07) is 0.491. The van der Waals surface area contributed by atoms with Gasteiger partial charge >= 0.3 is 0 Å². The zero-order valence-electron chi connectivity index (χ0n) is 9.55. The van der Waals surface area contributed by atoms with Crippen molar-refractivity contribution in [3.63, 3.8) is 0 Å². The van der Waals surface area contributed by atoms with Gasteiger partial charge in [-0.2, -0.15) is 0 Å². The predicted octanol–water partition coefficient (Wildman–Crippen LogP) is 1.39. The van der Waals surface area contributed by atoms with E-state index in [1.54, 1.807) is 0 Å². The Bertz CT molecular complexity index is 184. The molecule has 0 saturated carbocycles. The van der Waals surface area contributed by atoms with E-state index in [-0.39, 0.29) is 11.9 Å². The molecular weight excluding hydrogens is 176 g/mol. The minimum atomic E-state index is 0.0839. The number of carbonyl (C=O) groups is 1. The molecule has 0 aromatic carbocycles. The van der Waals surface area contributed by atoms with Crippen molar-refractivity contribution in [2.75, 3.05) is 13.6 Å². The highest BCUT2D eigenvalue weighted by atomic mass is 16.2. The molecule has 1 atom stereocenters. The summed E-state index contributed by atoms with van der Waals surface area (Å²) in [7, 11) is 1.93. The van der Waals surface area contributed by atoms with Crippen LogP contribution in [0.1, 0.15) is 39.5 Å². The lowest BCUT2D eigenvalue weighted by molar-refractivity contribution is -0.134. The number of hydrogen-bond acceptors (Lipinski definition) is 2. The van der Waals surface area contributed by atoms with Crippen LogP contribution in [0.2, 0.25) is 0 Å². The largest absolute Gasteiger partial charge is 0.341 e. The van der Waals surface area contributed by atoms with E-state index in [1.807, 2.05) is 11.9 Å². The predicted molar refractivity (Wildman–Crippen MR) is 58.2 cm³/mol. The summed E-state index contributed by atoms with van der Waals surface area (Å²) in [6.07, 6.45) is 4.23. The van der Waals surface area contributed by atoms with Crippen LogP contribution < -0.4 is 5.32 Å². The molecule has 0 aromatic rings. The van der Waals surface area contributed by atoms with Crippen LogP contribution in [0, 0.1) is 0 Å². The first-order valence-corrected chi connectivity index (χ1v) is 5.70. The highest BCUT2D eigenvalue weighted by Crippen LogP contribution is 2.12. The minimum absolute atomic E-state index is 0.0839. The van der Waals surface area contributed by atoms with Crippen LogP contribution >= 0.6 is 0 Å². The summed E-state index contributed by atoms with van der Waals surface area (Å²) < 4.78 is 0. The molecule has 1 unspecified atom stereocenters. The van der Waals surface area contributed by atoms with Crippen LogP contribution in [0.5, 0.6) is 0 Å². The van der Waals surface area contributed by atoms with Gasteiger partial charge in [-0.15, -0.1) is 0 Å². The fourth-order valence-corrected chi connectivity index (χ4v) is 2.16. The lowest BCUT2D eigenvalue weighted by atomic mass is 10.1. The highest BCUT2D eigenvalue weighted by molar-refractivity contribution is 5.82. The molecule has 3 nitrogen and oxygen atoms in total. The van der Waals surface area contributed by atoms with Crippen molar-refractivity contribution in [3.8, 4) is 0 Å². The zero-order chi connectivity index (χ0) is 10.6. The van der Waals surface area contributed by atoms with E-state index >= 15 is 0 Å². The maximum atomic E-state index is 12.0. The molecule has 1 rings (SSSR count). The normalized spacial score (nSPS) is 21.6. The van der Waals surface area contributed by atoms with Gasteiger partial charge in [-0.25, -0.2) is 0 Å². The molecule has 1 aliphatic heterocycles. The molecule has 1 N–H and O–H groups in total. The second kappa shape index (κ2) is 5.35. The van der Waals surface area contributed by atoms with E-state index in [2.05, 4.69) is 19.2 Å². The van der Waals surface area contributed by atoms with Crippen molar-refractivity contribution in [2.45, 2.75) is 51.6 Å². The van der Waals surface area contributed by atoms with Crippen LogP contribution in [-0.4, -0.2) is 36.5 Å². The summed E-state index contributed by atoms with van der Waals surface area (Å²) in [5.74, 6) is 0.274. The summed E-state index contributed by atoms with van der Waals surface area (Å²) >= 11 is 0. The van der Waals surface area contributed by atoms with Gasteiger partial charge in [0.1, 0.15) is 0 Å². The second-order valence-electron chi connectivity index (χ2n) is 4.07. The molecule has 1 fully saturated rings. The van der Waals surface area contributed by atoms with Crippen LogP contribution in [0.3, 0.4) is 0 Å². The van der Waals surface area contributed by atoms with Crippen molar-refractivity contribution in [1.29, 1.82) is 0 Å². The Morgan fingerprint density at radius 3 is 2.57 bits per heavy atom. The van der Waals surface area contributed by atoms with E-state index in [4.69, 9.17) is 0 Å². The molecule has 1 aliphatic rings.